The highest BCUT2D eigenvalue weighted by atomic mass is 32.3. The van der Waals surface area contributed by atoms with Gasteiger partial charge >= 0.3 is 16.3 Å². The summed E-state index contributed by atoms with van der Waals surface area (Å²) < 4.78 is 38.4. The van der Waals surface area contributed by atoms with Gasteiger partial charge in [-0.3, -0.25) is 0 Å². The molecule has 1 rings (SSSR count). The van der Waals surface area contributed by atoms with Gasteiger partial charge in [-0.25, -0.2) is 4.79 Å². The van der Waals surface area contributed by atoms with Crippen molar-refractivity contribution in [2.45, 2.75) is 39.3 Å². The Morgan fingerprint density at radius 3 is 2.19 bits per heavy atom. The predicted octanol–water partition coefficient (Wildman–Crippen LogP) is 2.55. The summed E-state index contributed by atoms with van der Waals surface area (Å²) in [6.07, 6.45) is -0.381. The Kier molecular flexibility index (Phi) is 5.71. The first-order chi connectivity index (χ1) is 9.55. The summed E-state index contributed by atoms with van der Waals surface area (Å²) >= 11 is 0. The SMILES string of the molecule is CC(C)(C)OC(=O)NCc1ccc(CCS(=O)(=O)F)cc1. The van der Waals surface area contributed by atoms with E-state index in [2.05, 4.69) is 5.32 Å². The molecule has 0 fully saturated rings. The molecule has 0 saturated carbocycles. The number of rotatable bonds is 5. The van der Waals surface area contributed by atoms with Crippen molar-refractivity contribution in [1.29, 1.82) is 0 Å². The molecule has 0 saturated heterocycles. The van der Waals surface area contributed by atoms with Gasteiger partial charge in [-0.1, -0.05) is 24.3 Å². The lowest BCUT2D eigenvalue weighted by atomic mass is 10.1. The minimum Gasteiger partial charge on any atom is -0.444 e. The van der Waals surface area contributed by atoms with Crippen LogP contribution in [0.15, 0.2) is 24.3 Å². The van der Waals surface area contributed by atoms with Crippen molar-refractivity contribution in [3.63, 3.8) is 0 Å². The molecule has 118 valence electrons. The molecule has 7 heteroatoms. The van der Waals surface area contributed by atoms with Crippen molar-refractivity contribution < 1.29 is 21.8 Å². The van der Waals surface area contributed by atoms with E-state index in [0.717, 1.165) is 11.1 Å². The Labute approximate surface area is 124 Å². The summed E-state index contributed by atoms with van der Waals surface area (Å²) in [7, 11) is -4.44. The lowest BCUT2D eigenvalue weighted by Crippen LogP contribution is -2.32. The Bertz CT molecular complexity index is 576. The van der Waals surface area contributed by atoms with E-state index < -0.39 is 27.7 Å². The topological polar surface area (TPSA) is 72.5 Å². The van der Waals surface area contributed by atoms with Gasteiger partial charge in [0, 0.05) is 6.54 Å². The zero-order valence-electron chi connectivity index (χ0n) is 12.3. The molecular formula is C14H20FNO4S. The number of nitrogens with one attached hydrogen (secondary N) is 1. The number of carbonyl (C=O) groups excluding carboxylic acids is 1. The Hall–Kier alpha value is -1.63. The van der Waals surface area contributed by atoms with Crippen LogP contribution in [0.5, 0.6) is 0 Å². The van der Waals surface area contributed by atoms with E-state index in [1.54, 1.807) is 45.0 Å². The molecule has 0 radical (unpaired) electrons. The van der Waals surface area contributed by atoms with E-state index in [-0.39, 0.29) is 6.42 Å². The smallest absolute Gasteiger partial charge is 0.407 e. The second-order valence-electron chi connectivity index (χ2n) is 5.66. The van der Waals surface area contributed by atoms with Crippen molar-refractivity contribution in [1.82, 2.24) is 5.32 Å². The number of carbonyl (C=O) groups is 1. The van der Waals surface area contributed by atoms with Crippen molar-refractivity contribution in [3.8, 4) is 0 Å². The van der Waals surface area contributed by atoms with Crippen molar-refractivity contribution >= 4 is 16.3 Å². The van der Waals surface area contributed by atoms with E-state index >= 15 is 0 Å². The monoisotopic (exact) mass is 317 g/mol. The third-order valence-corrected chi connectivity index (χ3v) is 3.19. The molecule has 0 aliphatic carbocycles. The fourth-order valence-corrected chi connectivity index (χ4v) is 2.03. The standard InChI is InChI=1S/C14H20FNO4S/c1-14(2,3)20-13(17)16-10-12-6-4-11(5-7-12)8-9-21(15,18)19/h4-7H,8-10H2,1-3H3,(H,16,17). The summed E-state index contributed by atoms with van der Waals surface area (Å²) in [4.78, 5) is 11.5. The number of aryl methyl sites for hydroxylation is 1. The maximum absolute atomic E-state index is 12.4. The molecule has 1 aromatic carbocycles. The molecular weight excluding hydrogens is 297 g/mol. The maximum Gasteiger partial charge on any atom is 0.407 e. The lowest BCUT2D eigenvalue weighted by molar-refractivity contribution is 0.0523. The number of alkyl carbamates (subject to hydrolysis) is 1. The van der Waals surface area contributed by atoms with Crippen LogP contribution in [0.4, 0.5) is 8.68 Å². The van der Waals surface area contributed by atoms with Crippen molar-refractivity contribution in [2.24, 2.45) is 0 Å². The van der Waals surface area contributed by atoms with Gasteiger partial charge in [0.2, 0.25) is 0 Å². The molecule has 1 aromatic rings. The van der Waals surface area contributed by atoms with Crippen molar-refractivity contribution in [3.05, 3.63) is 35.4 Å². The molecule has 0 spiro atoms. The van der Waals surface area contributed by atoms with Crippen LogP contribution >= 0.6 is 0 Å². The molecule has 0 atom stereocenters. The predicted molar refractivity (Wildman–Crippen MR) is 78.1 cm³/mol. The van der Waals surface area contributed by atoms with E-state index in [0.29, 0.717) is 6.54 Å². The Balaban J connectivity index is 2.46. The Morgan fingerprint density at radius 2 is 1.71 bits per heavy atom. The highest BCUT2D eigenvalue weighted by molar-refractivity contribution is 7.86. The van der Waals surface area contributed by atoms with E-state index in [1.807, 2.05) is 0 Å². The van der Waals surface area contributed by atoms with Gasteiger partial charge in [-0.05, 0) is 38.3 Å². The first kappa shape index (κ1) is 17.4. The van der Waals surface area contributed by atoms with E-state index in [1.165, 1.54) is 0 Å². The van der Waals surface area contributed by atoms with Crippen LogP contribution in [-0.2, 0) is 27.9 Å². The van der Waals surface area contributed by atoms with Crippen LogP contribution < -0.4 is 5.32 Å². The van der Waals surface area contributed by atoms with Crippen LogP contribution in [0.3, 0.4) is 0 Å². The summed E-state index contributed by atoms with van der Waals surface area (Å²) in [6, 6.07) is 6.91. The molecule has 1 N–H and O–H groups in total. The molecule has 1 amide bonds. The molecule has 21 heavy (non-hydrogen) atoms. The van der Waals surface area contributed by atoms with Gasteiger partial charge in [0.1, 0.15) is 5.60 Å². The van der Waals surface area contributed by atoms with Crippen LogP contribution in [0.2, 0.25) is 0 Å². The number of amides is 1. The summed E-state index contributed by atoms with van der Waals surface area (Å²) in [5.41, 5.74) is 1.01. The molecule has 0 heterocycles. The number of benzene rings is 1. The fourth-order valence-electron chi connectivity index (χ4n) is 1.55. The molecule has 0 bridgehead atoms. The first-order valence-corrected chi connectivity index (χ1v) is 8.07. The lowest BCUT2D eigenvalue weighted by Gasteiger charge is -2.19. The van der Waals surface area contributed by atoms with Gasteiger partial charge in [-0.2, -0.15) is 8.42 Å². The van der Waals surface area contributed by atoms with E-state index in [4.69, 9.17) is 4.74 Å². The second kappa shape index (κ2) is 6.89. The second-order valence-corrected chi connectivity index (χ2v) is 7.15. The number of hydrogen-bond acceptors (Lipinski definition) is 4. The van der Waals surface area contributed by atoms with Crippen LogP contribution in [0.25, 0.3) is 0 Å². The minimum atomic E-state index is -4.44. The molecule has 0 aliphatic heterocycles. The van der Waals surface area contributed by atoms with Gasteiger partial charge < -0.3 is 10.1 Å². The average Bonchev–Trinajstić information content (AvgIpc) is 2.32. The molecule has 0 unspecified atom stereocenters. The van der Waals surface area contributed by atoms with Crippen LogP contribution in [-0.4, -0.2) is 25.9 Å². The van der Waals surface area contributed by atoms with Crippen molar-refractivity contribution in [2.75, 3.05) is 5.75 Å². The summed E-state index contributed by atoms with van der Waals surface area (Å²) in [5.74, 6) is -0.525. The molecule has 0 aliphatic rings. The largest absolute Gasteiger partial charge is 0.444 e. The number of ether oxygens (including phenoxy) is 1. The zero-order valence-corrected chi connectivity index (χ0v) is 13.2. The van der Waals surface area contributed by atoms with Gasteiger partial charge in [0.25, 0.3) is 0 Å². The van der Waals surface area contributed by atoms with Gasteiger partial charge in [0.05, 0.1) is 5.75 Å². The molecule has 5 nitrogen and oxygen atoms in total. The third-order valence-electron chi connectivity index (χ3n) is 2.49. The normalized spacial score (nSPS) is 12.0. The van der Waals surface area contributed by atoms with Crippen LogP contribution in [0.1, 0.15) is 31.9 Å². The third kappa shape index (κ3) is 8.29. The van der Waals surface area contributed by atoms with Gasteiger partial charge in [-0.15, -0.1) is 3.89 Å². The zero-order chi connectivity index (χ0) is 16.1. The quantitative estimate of drug-likeness (QED) is 0.847. The van der Waals surface area contributed by atoms with Gasteiger partial charge in [0.15, 0.2) is 0 Å². The highest BCUT2D eigenvalue weighted by Crippen LogP contribution is 2.09. The van der Waals surface area contributed by atoms with E-state index in [9.17, 15) is 17.1 Å². The number of hydrogen-bond donors (Lipinski definition) is 1. The highest BCUT2D eigenvalue weighted by Gasteiger charge is 2.15. The minimum absolute atomic E-state index is 0.124. The summed E-state index contributed by atoms with van der Waals surface area (Å²) in [6.45, 7) is 5.64. The van der Waals surface area contributed by atoms with Crippen LogP contribution in [0, 0.1) is 0 Å². The molecule has 0 aromatic heterocycles. The number of halogens is 1. The Morgan fingerprint density at radius 1 is 1.19 bits per heavy atom. The maximum atomic E-state index is 12.4. The fraction of sp³-hybridized carbons (Fsp3) is 0.500. The first-order valence-electron chi connectivity index (χ1n) is 6.52. The summed E-state index contributed by atoms with van der Waals surface area (Å²) in [5, 5.41) is 2.61. The average molecular weight is 317 g/mol.